The molecular weight excluding hydrogens is 276 g/mol. The minimum Gasteiger partial charge on any atom is -0.313 e. The number of hydrogen-bond donors (Lipinski definition) is 1. The van der Waals surface area contributed by atoms with E-state index in [4.69, 9.17) is 0 Å². The molecule has 1 aromatic heterocycles. The summed E-state index contributed by atoms with van der Waals surface area (Å²) >= 11 is 1.89. The predicted molar refractivity (Wildman–Crippen MR) is 90.9 cm³/mol. The van der Waals surface area contributed by atoms with E-state index in [1.165, 1.54) is 61.0 Å². The van der Waals surface area contributed by atoms with Crippen molar-refractivity contribution in [3.63, 3.8) is 0 Å². The van der Waals surface area contributed by atoms with E-state index in [1.807, 2.05) is 11.3 Å². The Labute approximate surface area is 131 Å². The van der Waals surface area contributed by atoms with Gasteiger partial charge in [-0.25, -0.2) is 0 Å². The normalized spacial score (nSPS) is 22.4. The highest BCUT2D eigenvalue weighted by atomic mass is 32.1. The van der Waals surface area contributed by atoms with Gasteiger partial charge in [-0.2, -0.15) is 0 Å². The van der Waals surface area contributed by atoms with Crippen molar-refractivity contribution >= 4 is 21.4 Å². The molecule has 0 spiro atoms. The van der Waals surface area contributed by atoms with Crippen molar-refractivity contribution in [1.82, 2.24) is 10.2 Å². The van der Waals surface area contributed by atoms with Crippen molar-refractivity contribution in [3.8, 4) is 0 Å². The molecule has 0 amide bonds. The average Bonchev–Trinajstić information content (AvgIpc) is 3.00. The molecule has 4 rings (SSSR count). The van der Waals surface area contributed by atoms with Crippen molar-refractivity contribution in [1.29, 1.82) is 0 Å². The van der Waals surface area contributed by atoms with E-state index < -0.39 is 0 Å². The van der Waals surface area contributed by atoms with Gasteiger partial charge in [0.15, 0.2) is 0 Å². The highest BCUT2D eigenvalue weighted by molar-refractivity contribution is 7.17. The van der Waals surface area contributed by atoms with Crippen LogP contribution in [-0.2, 0) is 6.54 Å². The number of nitrogens with zero attached hydrogens (tertiary/aromatic N) is 1. The third-order valence-electron chi connectivity index (χ3n) is 4.81. The van der Waals surface area contributed by atoms with Crippen LogP contribution in [0.1, 0.15) is 31.2 Å². The minimum atomic E-state index is 0.716. The fraction of sp³-hybridized carbons (Fsp3) is 0.556. The second kappa shape index (κ2) is 6.07. The van der Waals surface area contributed by atoms with E-state index in [0.29, 0.717) is 6.04 Å². The lowest BCUT2D eigenvalue weighted by Crippen LogP contribution is -2.38. The monoisotopic (exact) mass is 300 g/mol. The standard InChI is InChI=1S/C18H24N2S/c1-2-6-18-17(5-1)15(13-21-18)11-20(10-14-7-8-14)12-16-4-3-9-19-16/h1-2,5-6,13-14,16,19H,3-4,7-12H2. The minimum absolute atomic E-state index is 0.716. The van der Waals surface area contributed by atoms with Gasteiger partial charge >= 0.3 is 0 Å². The molecule has 1 saturated carbocycles. The largest absolute Gasteiger partial charge is 0.313 e. The summed E-state index contributed by atoms with van der Waals surface area (Å²) in [6.07, 6.45) is 5.59. The first-order chi connectivity index (χ1) is 10.4. The van der Waals surface area contributed by atoms with E-state index in [0.717, 1.165) is 12.5 Å². The third-order valence-corrected chi connectivity index (χ3v) is 5.82. The van der Waals surface area contributed by atoms with Crippen molar-refractivity contribution in [3.05, 3.63) is 35.2 Å². The highest BCUT2D eigenvalue weighted by Crippen LogP contribution is 2.32. The molecule has 1 saturated heterocycles. The molecule has 1 N–H and O–H groups in total. The van der Waals surface area contributed by atoms with Gasteiger partial charge in [0.05, 0.1) is 0 Å². The highest BCUT2D eigenvalue weighted by Gasteiger charge is 2.26. The van der Waals surface area contributed by atoms with Crippen molar-refractivity contribution in [2.24, 2.45) is 5.92 Å². The number of thiophene rings is 1. The van der Waals surface area contributed by atoms with Gasteiger partial charge < -0.3 is 5.32 Å². The van der Waals surface area contributed by atoms with Crippen LogP contribution in [0.2, 0.25) is 0 Å². The Morgan fingerprint density at radius 3 is 2.86 bits per heavy atom. The molecule has 1 aliphatic heterocycles. The molecule has 2 aromatic rings. The van der Waals surface area contributed by atoms with Gasteiger partial charge in [-0.15, -0.1) is 11.3 Å². The number of nitrogens with one attached hydrogen (secondary N) is 1. The van der Waals surface area contributed by atoms with Gasteiger partial charge in [0.25, 0.3) is 0 Å². The molecule has 2 nitrogen and oxygen atoms in total. The lowest BCUT2D eigenvalue weighted by atomic mass is 10.1. The summed E-state index contributed by atoms with van der Waals surface area (Å²) in [6.45, 7) is 4.85. The van der Waals surface area contributed by atoms with Gasteiger partial charge in [-0.3, -0.25) is 4.90 Å². The summed E-state index contributed by atoms with van der Waals surface area (Å²) in [6, 6.07) is 9.56. The first kappa shape index (κ1) is 13.7. The Balaban J connectivity index is 1.49. The Morgan fingerprint density at radius 2 is 2.05 bits per heavy atom. The first-order valence-corrected chi connectivity index (χ1v) is 9.17. The van der Waals surface area contributed by atoms with Gasteiger partial charge in [-0.1, -0.05) is 18.2 Å². The molecular formula is C18H24N2S. The summed E-state index contributed by atoms with van der Waals surface area (Å²) in [4.78, 5) is 2.70. The molecule has 0 radical (unpaired) electrons. The predicted octanol–water partition coefficient (Wildman–Crippen LogP) is 3.87. The molecule has 1 unspecified atom stereocenters. The van der Waals surface area contributed by atoms with Crippen molar-refractivity contribution < 1.29 is 0 Å². The number of hydrogen-bond acceptors (Lipinski definition) is 3. The quantitative estimate of drug-likeness (QED) is 0.871. The van der Waals surface area contributed by atoms with E-state index >= 15 is 0 Å². The fourth-order valence-electron chi connectivity index (χ4n) is 3.49. The number of fused-ring (bicyclic) bond motifs is 1. The maximum absolute atomic E-state index is 3.66. The zero-order valence-corrected chi connectivity index (χ0v) is 13.4. The van der Waals surface area contributed by atoms with E-state index in [1.54, 1.807) is 0 Å². The molecule has 3 heteroatoms. The molecule has 1 atom stereocenters. The number of rotatable bonds is 6. The van der Waals surface area contributed by atoms with Crippen LogP contribution in [0.25, 0.3) is 10.1 Å². The van der Waals surface area contributed by atoms with Crippen LogP contribution in [0.5, 0.6) is 0 Å². The van der Waals surface area contributed by atoms with Crippen LogP contribution in [0.4, 0.5) is 0 Å². The van der Waals surface area contributed by atoms with Gasteiger partial charge in [0.2, 0.25) is 0 Å². The summed E-state index contributed by atoms with van der Waals surface area (Å²) in [5, 5.41) is 7.49. The van der Waals surface area contributed by atoms with E-state index in [2.05, 4.69) is 39.9 Å². The first-order valence-electron chi connectivity index (χ1n) is 8.29. The Hall–Kier alpha value is -0.900. The maximum atomic E-state index is 3.66. The average molecular weight is 300 g/mol. The van der Waals surface area contributed by atoms with E-state index in [9.17, 15) is 0 Å². The van der Waals surface area contributed by atoms with Crippen LogP contribution in [0.15, 0.2) is 29.6 Å². The third kappa shape index (κ3) is 3.31. The van der Waals surface area contributed by atoms with Crippen molar-refractivity contribution in [2.45, 2.75) is 38.3 Å². The fourth-order valence-corrected chi connectivity index (χ4v) is 4.44. The zero-order valence-electron chi connectivity index (χ0n) is 12.6. The second-order valence-electron chi connectivity index (χ2n) is 6.69. The molecule has 1 aliphatic carbocycles. The Kier molecular flexibility index (Phi) is 3.97. The van der Waals surface area contributed by atoms with Gasteiger partial charge in [0.1, 0.15) is 0 Å². The number of benzene rings is 1. The summed E-state index contributed by atoms with van der Waals surface area (Å²) in [5.74, 6) is 0.969. The lowest BCUT2D eigenvalue weighted by molar-refractivity contribution is 0.233. The molecule has 2 aliphatic rings. The van der Waals surface area contributed by atoms with Crippen molar-refractivity contribution in [2.75, 3.05) is 19.6 Å². The van der Waals surface area contributed by atoms with Crippen LogP contribution in [-0.4, -0.2) is 30.6 Å². The summed E-state index contributed by atoms with van der Waals surface area (Å²) in [5.41, 5.74) is 1.52. The van der Waals surface area contributed by atoms with Gasteiger partial charge in [0, 0.05) is 30.4 Å². The zero-order chi connectivity index (χ0) is 14.1. The summed E-state index contributed by atoms with van der Waals surface area (Å²) < 4.78 is 1.43. The maximum Gasteiger partial charge on any atom is 0.0346 e. The molecule has 112 valence electrons. The molecule has 1 aromatic carbocycles. The second-order valence-corrected chi connectivity index (χ2v) is 7.60. The molecule has 2 fully saturated rings. The molecule has 2 heterocycles. The molecule has 21 heavy (non-hydrogen) atoms. The van der Waals surface area contributed by atoms with Crippen LogP contribution >= 0.6 is 11.3 Å². The van der Waals surface area contributed by atoms with Crippen LogP contribution in [0.3, 0.4) is 0 Å². The topological polar surface area (TPSA) is 15.3 Å². The van der Waals surface area contributed by atoms with Gasteiger partial charge in [-0.05, 0) is 60.5 Å². The Morgan fingerprint density at radius 1 is 1.14 bits per heavy atom. The smallest absolute Gasteiger partial charge is 0.0346 e. The van der Waals surface area contributed by atoms with E-state index in [-0.39, 0.29) is 0 Å². The van der Waals surface area contributed by atoms with Crippen LogP contribution in [0, 0.1) is 5.92 Å². The Bertz CT molecular complexity index is 596. The van der Waals surface area contributed by atoms with Crippen LogP contribution < -0.4 is 5.32 Å². The SMILES string of the molecule is c1ccc2c(CN(CC3CC3)CC3CCCN3)csc2c1. The lowest BCUT2D eigenvalue weighted by Gasteiger charge is -2.25. The molecule has 0 bridgehead atoms. The summed E-state index contributed by atoms with van der Waals surface area (Å²) in [7, 11) is 0.